The third-order valence-corrected chi connectivity index (χ3v) is 10.4. The van der Waals surface area contributed by atoms with Gasteiger partial charge in [-0.3, -0.25) is 10.2 Å². The van der Waals surface area contributed by atoms with Crippen molar-refractivity contribution in [1.29, 1.82) is 5.41 Å². The van der Waals surface area contributed by atoms with Gasteiger partial charge in [0.05, 0.1) is 6.61 Å². The SMILES string of the molecule is CCCCCCCCCOC(=O)CCCCCCCN(CCCO)CCCCCCCC(=N)OC(CCCCCCCC)CCCCCCCC. The molecule has 304 valence electrons. The number of hydrogen-bond donors (Lipinski definition) is 2. The van der Waals surface area contributed by atoms with Crippen molar-refractivity contribution in [2.24, 2.45) is 0 Å². The molecule has 0 spiro atoms. The Bertz CT molecular complexity index is 702. The Balaban J connectivity index is 4.02. The molecule has 0 saturated heterocycles. The van der Waals surface area contributed by atoms with Gasteiger partial charge in [0.1, 0.15) is 6.10 Å². The number of esters is 1. The molecule has 0 saturated carbocycles. The van der Waals surface area contributed by atoms with E-state index in [2.05, 4.69) is 25.7 Å². The third kappa shape index (κ3) is 38.4. The Labute approximate surface area is 318 Å². The molecule has 0 amide bonds. The minimum atomic E-state index is -0.0194. The predicted octanol–water partition coefficient (Wildman–Crippen LogP) is 13.5. The standard InChI is InChI=1S/C45H90N2O4/c1-4-7-10-13-16-25-32-42-50-45(49)37-29-22-18-24-31-39-47(40-33-41-48)38-30-23-17-21-28-36-44(46)51-43(34-26-19-14-11-8-5-2)35-27-20-15-12-9-6-3/h43,46,48H,4-42H2,1-3H3. The molecule has 0 rings (SSSR count). The highest BCUT2D eigenvalue weighted by Crippen LogP contribution is 2.19. The second-order valence-corrected chi connectivity index (χ2v) is 15.6. The summed E-state index contributed by atoms with van der Waals surface area (Å²) in [7, 11) is 0. The van der Waals surface area contributed by atoms with Gasteiger partial charge in [0.2, 0.25) is 0 Å². The monoisotopic (exact) mass is 723 g/mol. The van der Waals surface area contributed by atoms with Crippen molar-refractivity contribution in [1.82, 2.24) is 4.90 Å². The van der Waals surface area contributed by atoms with E-state index in [1.54, 1.807) is 0 Å². The van der Waals surface area contributed by atoms with Crippen LogP contribution in [0, 0.1) is 5.41 Å². The number of aliphatic hydroxyl groups is 1. The van der Waals surface area contributed by atoms with Crippen LogP contribution in [0.2, 0.25) is 0 Å². The van der Waals surface area contributed by atoms with Crippen LogP contribution in [0.1, 0.15) is 239 Å². The molecule has 0 fully saturated rings. The largest absolute Gasteiger partial charge is 0.478 e. The quantitative estimate of drug-likeness (QED) is 0.0284. The summed E-state index contributed by atoms with van der Waals surface area (Å²) in [6.45, 7) is 10.8. The Kier molecular flexibility index (Phi) is 40.7. The second-order valence-electron chi connectivity index (χ2n) is 15.6. The second kappa shape index (κ2) is 41.6. The number of carbonyl (C=O) groups is 1. The molecular weight excluding hydrogens is 633 g/mol. The van der Waals surface area contributed by atoms with Gasteiger partial charge in [-0.25, -0.2) is 0 Å². The molecular formula is C45H90N2O4. The topological polar surface area (TPSA) is 82.9 Å². The summed E-state index contributed by atoms with van der Waals surface area (Å²) in [5, 5.41) is 17.9. The van der Waals surface area contributed by atoms with Gasteiger partial charge in [-0.1, -0.05) is 162 Å². The highest BCUT2D eigenvalue weighted by molar-refractivity contribution is 5.72. The lowest BCUT2D eigenvalue weighted by molar-refractivity contribution is -0.143. The zero-order valence-electron chi connectivity index (χ0n) is 34.8. The molecule has 0 aliphatic heterocycles. The minimum absolute atomic E-state index is 0.0194. The average molecular weight is 723 g/mol. The van der Waals surface area contributed by atoms with Gasteiger partial charge in [0, 0.05) is 26.0 Å². The maximum atomic E-state index is 12.0. The van der Waals surface area contributed by atoms with Crippen molar-refractivity contribution < 1.29 is 19.4 Å². The summed E-state index contributed by atoms with van der Waals surface area (Å²) in [5.74, 6) is 0.500. The molecule has 0 heterocycles. The van der Waals surface area contributed by atoms with Gasteiger partial charge in [-0.05, 0) is 77.3 Å². The summed E-state index contributed by atoms with van der Waals surface area (Å²) in [4.78, 5) is 14.5. The van der Waals surface area contributed by atoms with Crippen LogP contribution in [0.15, 0.2) is 0 Å². The zero-order chi connectivity index (χ0) is 37.3. The van der Waals surface area contributed by atoms with Crippen LogP contribution in [-0.2, 0) is 14.3 Å². The van der Waals surface area contributed by atoms with E-state index in [0.29, 0.717) is 18.9 Å². The summed E-state index contributed by atoms with van der Waals surface area (Å²) < 4.78 is 11.7. The van der Waals surface area contributed by atoms with Crippen molar-refractivity contribution in [3.8, 4) is 0 Å². The van der Waals surface area contributed by atoms with Crippen molar-refractivity contribution >= 4 is 11.9 Å². The van der Waals surface area contributed by atoms with Gasteiger partial charge < -0.3 is 19.5 Å². The Morgan fingerprint density at radius 1 is 0.510 bits per heavy atom. The first-order valence-electron chi connectivity index (χ1n) is 22.8. The Morgan fingerprint density at radius 3 is 1.39 bits per heavy atom. The van der Waals surface area contributed by atoms with E-state index >= 15 is 0 Å². The molecule has 0 atom stereocenters. The number of nitrogens with one attached hydrogen (secondary N) is 1. The van der Waals surface area contributed by atoms with Crippen LogP contribution in [-0.4, -0.2) is 60.8 Å². The first kappa shape index (κ1) is 49.9. The fourth-order valence-electron chi connectivity index (χ4n) is 7.06. The van der Waals surface area contributed by atoms with Crippen molar-refractivity contribution in [3.63, 3.8) is 0 Å². The number of carbonyl (C=O) groups excluding carboxylic acids is 1. The van der Waals surface area contributed by atoms with Crippen LogP contribution in [0.4, 0.5) is 0 Å². The van der Waals surface area contributed by atoms with Gasteiger partial charge in [-0.2, -0.15) is 0 Å². The highest BCUT2D eigenvalue weighted by Gasteiger charge is 2.13. The van der Waals surface area contributed by atoms with Crippen molar-refractivity contribution in [3.05, 3.63) is 0 Å². The molecule has 0 radical (unpaired) electrons. The average Bonchev–Trinajstić information content (AvgIpc) is 3.13. The molecule has 6 nitrogen and oxygen atoms in total. The van der Waals surface area contributed by atoms with E-state index in [4.69, 9.17) is 14.9 Å². The highest BCUT2D eigenvalue weighted by atomic mass is 16.5. The number of nitrogens with zero attached hydrogens (tertiary/aromatic N) is 1. The smallest absolute Gasteiger partial charge is 0.305 e. The molecule has 0 aromatic rings. The van der Waals surface area contributed by atoms with Gasteiger partial charge in [0.25, 0.3) is 0 Å². The summed E-state index contributed by atoms with van der Waals surface area (Å²) >= 11 is 0. The number of unbranched alkanes of at least 4 members (excludes halogenated alkanes) is 24. The Morgan fingerprint density at radius 2 is 0.902 bits per heavy atom. The first-order chi connectivity index (χ1) is 25.1. The molecule has 6 heteroatoms. The van der Waals surface area contributed by atoms with Gasteiger partial charge >= 0.3 is 5.97 Å². The van der Waals surface area contributed by atoms with Crippen LogP contribution in [0.25, 0.3) is 0 Å². The molecule has 0 aromatic carbocycles. The summed E-state index contributed by atoms with van der Waals surface area (Å²) in [6.07, 6.45) is 40.7. The maximum Gasteiger partial charge on any atom is 0.305 e. The summed E-state index contributed by atoms with van der Waals surface area (Å²) in [6, 6.07) is 0. The van der Waals surface area contributed by atoms with Crippen LogP contribution in [0.5, 0.6) is 0 Å². The number of ether oxygens (including phenoxy) is 2. The van der Waals surface area contributed by atoms with E-state index < -0.39 is 0 Å². The molecule has 2 N–H and O–H groups in total. The van der Waals surface area contributed by atoms with Crippen LogP contribution < -0.4 is 0 Å². The normalized spacial score (nSPS) is 11.6. The van der Waals surface area contributed by atoms with E-state index in [9.17, 15) is 9.90 Å². The predicted molar refractivity (Wildman–Crippen MR) is 221 cm³/mol. The minimum Gasteiger partial charge on any atom is -0.478 e. The lowest BCUT2D eigenvalue weighted by atomic mass is 10.0. The molecule has 0 aliphatic rings. The molecule has 51 heavy (non-hydrogen) atoms. The Hall–Kier alpha value is -1.14. The molecule has 0 unspecified atom stereocenters. The van der Waals surface area contributed by atoms with Crippen LogP contribution in [0.3, 0.4) is 0 Å². The fourth-order valence-corrected chi connectivity index (χ4v) is 7.06. The third-order valence-electron chi connectivity index (χ3n) is 10.4. The maximum absolute atomic E-state index is 12.0. The van der Waals surface area contributed by atoms with E-state index in [1.165, 1.54) is 161 Å². The molecule has 0 bridgehead atoms. The fraction of sp³-hybridized carbons (Fsp3) is 0.956. The van der Waals surface area contributed by atoms with Crippen LogP contribution >= 0.6 is 0 Å². The number of hydrogen-bond acceptors (Lipinski definition) is 6. The van der Waals surface area contributed by atoms with E-state index in [1.807, 2.05) is 0 Å². The molecule has 0 aliphatic carbocycles. The van der Waals surface area contributed by atoms with Crippen molar-refractivity contribution in [2.75, 3.05) is 32.8 Å². The van der Waals surface area contributed by atoms with Gasteiger partial charge in [-0.15, -0.1) is 0 Å². The lowest BCUT2D eigenvalue weighted by Crippen LogP contribution is -2.27. The molecule has 0 aromatic heterocycles. The number of rotatable bonds is 42. The zero-order valence-corrected chi connectivity index (χ0v) is 34.8. The van der Waals surface area contributed by atoms with E-state index in [0.717, 1.165) is 71.0 Å². The lowest BCUT2D eigenvalue weighted by Gasteiger charge is -2.22. The first-order valence-corrected chi connectivity index (χ1v) is 22.8. The number of aliphatic hydroxyl groups excluding tert-OH is 1. The van der Waals surface area contributed by atoms with Gasteiger partial charge in [0.15, 0.2) is 5.90 Å². The van der Waals surface area contributed by atoms with Crippen molar-refractivity contribution in [2.45, 2.75) is 245 Å². The van der Waals surface area contributed by atoms with E-state index in [-0.39, 0.29) is 18.7 Å². The summed E-state index contributed by atoms with van der Waals surface area (Å²) in [5.41, 5.74) is 0.